The van der Waals surface area contributed by atoms with Crippen molar-refractivity contribution in [3.05, 3.63) is 18.2 Å². The van der Waals surface area contributed by atoms with Crippen LogP contribution in [0.1, 0.15) is 58.2 Å². The third-order valence-corrected chi connectivity index (χ3v) is 2.77. The van der Waals surface area contributed by atoms with Crippen LogP contribution in [0.25, 0.3) is 0 Å². The van der Waals surface area contributed by atoms with Crippen LogP contribution in [0.5, 0.6) is 0 Å². The van der Waals surface area contributed by atoms with Crippen LogP contribution in [0.3, 0.4) is 0 Å². The first-order valence-corrected chi connectivity index (χ1v) is 6.88. The quantitative estimate of drug-likeness (QED) is 0.662. The summed E-state index contributed by atoms with van der Waals surface area (Å²) in [6.45, 7) is 3.98. The van der Waals surface area contributed by atoms with E-state index in [1.807, 2.05) is 13.8 Å². The van der Waals surface area contributed by atoms with E-state index in [0.717, 1.165) is 31.5 Å². The molecule has 0 bridgehead atoms. The Morgan fingerprint density at radius 3 is 2.72 bits per heavy atom. The summed E-state index contributed by atoms with van der Waals surface area (Å²) in [6.07, 6.45) is 11.8. The average molecular weight is 250 g/mol. The number of hydrogen-bond donors (Lipinski definition) is 2. The Morgan fingerprint density at radius 2 is 2.06 bits per heavy atom. The van der Waals surface area contributed by atoms with Crippen molar-refractivity contribution in [1.82, 2.24) is 15.3 Å². The van der Waals surface area contributed by atoms with Crippen LogP contribution in [0.2, 0.25) is 0 Å². The summed E-state index contributed by atoms with van der Waals surface area (Å²) in [5, 5.41) is 2.91. The second-order valence-corrected chi connectivity index (χ2v) is 4.97. The number of imidazole rings is 1. The number of nitrogens with one attached hydrogen (secondary N) is 2. The largest absolute Gasteiger partial charge is 0.354 e. The summed E-state index contributed by atoms with van der Waals surface area (Å²) in [7, 11) is 0. The number of hydrogen-bond acceptors (Lipinski definition) is 2. The fourth-order valence-corrected chi connectivity index (χ4v) is 1.89. The second kappa shape index (κ2) is 8.72. The molecule has 0 saturated heterocycles. The Hall–Kier alpha value is -1.32. The number of aromatic amines is 1. The van der Waals surface area contributed by atoms with Crippen molar-refractivity contribution >= 4 is 5.91 Å². The van der Waals surface area contributed by atoms with Crippen LogP contribution in [0.15, 0.2) is 6.20 Å². The third-order valence-electron chi connectivity index (χ3n) is 2.77. The Balaban J connectivity index is 1.88. The van der Waals surface area contributed by atoms with Crippen molar-refractivity contribution in [2.75, 3.05) is 0 Å². The lowest BCUT2D eigenvalue weighted by atomic mass is 10.1. The van der Waals surface area contributed by atoms with Crippen molar-refractivity contribution in [3.63, 3.8) is 0 Å². The number of aryl methyl sites for hydroxylation is 1. The zero-order chi connectivity index (χ0) is 13.2. The molecule has 0 spiro atoms. The van der Waals surface area contributed by atoms with Crippen LogP contribution in [-0.4, -0.2) is 21.9 Å². The maximum atomic E-state index is 11.4. The van der Waals surface area contributed by atoms with E-state index in [9.17, 15) is 4.79 Å². The van der Waals surface area contributed by atoms with Crippen LogP contribution < -0.4 is 5.32 Å². The van der Waals surface area contributed by atoms with E-state index in [2.05, 4.69) is 21.5 Å². The molecular formula is C14H24N3O. The van der Waals surface area contributed by atoms with Gasteiger partial charge in [0.2, 0.25) is 5.91 Å². The molecule has 1 aromatic rings. The van der Waals surface area contributed by atoms with Gasteiger partial charge in [0.1, 0.15) is 12.0 Å². The van der Waals surface area contributed by atoms with Gasteiger partial charge in [-0.25, -0.2) is 4.98 Å². The first kappa shape index (κ1) is 14.7. The monoisotopic (exact) mass is 250 g/mol. The Labute approximate surface area is 110 Å². The maximum absolute atomic E-state index is 11.4. The predicted molar refractivity (Wildman–Crippen MR) is 72.1 cm³/mol. The molecule has 4 heteroatoms. The van der Waals surface area contributed by atoms with Crippen molar-refractivity contribution in [2.24, 2.45) is 0 Å². The predicted octanol–water partition coefficient (Wildman–Crippen LogP) is 2.62. The first-order chi connectivity index (χ1) is 8.68. The number of unbranched alkanes of at least 4 members (excludes halogenated alkanes) is 4. The lowest BCUT2D eigenvalue weighted by Crippen LogP contribution is -2.29. The van der Waals surface area contributed by atoms with Gasteiger partial charge in [-0.1, -0.05) is 19.3 Å². The smallest absolute Gasteiger partial charge is 0.220 e. The van der Waals surface area contributed by atoms with E-state index in [-0.39, 0.29) is 11.9 Å². The van der Waals surface area contributed by atoms with E-state index >= 15 is 0 Å². The zero-order valence-electron chi connectivity index (χ0n) is 11.5. The summed E-state index contributed by atoms with van der Waals surface area (Å²) in [5.41, 5.74) is 0. The minimum atomic E-state index is 0.177. The van der Waals surface area contributed by atoms with Crippen LogP contribution in [0, 0.1) is 6.20 Å². The van der Waals surface area contributed by atoms with E-state index in [1.165, 1.54) is 12.8 Å². The van der Waals surface area contributed by atoms with Crippen LogP contribution >= 0.6 is 0 Å². The molecular weight excluding hydrogens is 226 g/mol. The van der Waals surface area contributed by atoms with Crippen molar-refractivity contribution in [2.45, 2.75) is 64.8 Å². The maximum Gasteiger partial charge on any atom is 0.220 e. The fraction of sp³-hybridized carbons (Fsp3) is 0.714. The molecule has 0 atom stereocenters. The topological polar surface area (TPSA) is 57.8 Å². The van der Waals surface area contributed by atoms with Gasteiger partial charge in [0.15, 0.2) is 0 Å². The molecule has 1 radical (unpaired) electrons. The summed E-state index contributed by atoms with van der Waals surface area (Å²) in [5.74, 6) is 1.20. The highest BCUT2D eigenvalue weighted by atomic mass is 16.1. The standard InChI is InChI=1S/C14H24N3O/c1-12(2)17-14(18)9-7-5-3-4-6-8-13-15-10-11-16-13/h10,12H,3-9H2,1-2H3,(H,15,16)(H,17,18). The zero-order valence-corrected chi connectivity index (χ0v) is 11.5. The van der Waals surface area contributed by atoms with E-state index in [0.29, 0.717) is 6.42 Å². The first-order valence-electron chi connectivity index (χ1n) is 6.88. The highest BCUT2D eigenvalue weighted by Crippen LogP contribution is 2.07. The van der Waals surface area contributed by atoms with Crippen molar-refractivity contribution < 1.29 is 4.79 Å². The van der Waals surface area contributed by atoms with Gasteiger partial charge >= 0.3 is 0 Å². The van der Waals surface area contributed by atoms with Gasteiger partial charge in [0.25, 0.3) is 0 Å². The molecule has 1 amide bonds. The Kier molecular flexibility index (Phi) is 7.14. The molecule has 0 aliphatic heterocycles. The third kappa shape index (κ3) is 7.09. The molecule has 1 heterocycles. The number of rotatable bonds is 9. The highest BCUT2D eigenvalue weighted by molar-refractivity contribution is 5.76. The lowest BCUT2D eigenvalue weighted by Gasteiger charge is -2.07. The summed E-state index contributed by atoms with van der Waals surface area (Å²) >= 11 is 0. The van der Waals surface area contributed by atoms with E-state index in [4.69, 9.17) is 0 Å². The Bertz CT molecular complexity index is 320. The normalized spacial score (nSPS) is 10.8. The van der Waals surface area contributed by atoms with Crippen LogP contribution in [0.4, 0.5) is 0 Å². The molecule has 0 fully saturated rings. The van der Waals surface area contributed by atoms with Crippen LogP contribution in [-0.2, 0) is 11.2 Å². The molecule has 0 saturated carbocycles. The fourth-order valence-electron chi connectivity index (χ4n) is 1.89. The number of amides is 1. The minimum Gasteiger partial charge on any atom is -0.354 e. The number of carbonyl (C=O) groups is 1. The van der Waals surface area contributed by atoms with Gasteiger partial charge < -0.3 is 10.3 Å². The van der Waals surface area contributed by atoms with E-state index < -0.39 is 0 Å². The van der Waals surface area contributed by atoms with Crippen molar-refractivity contribution in [1.29, 1.82) is 0 Å². The summed E-state index contributed by atoms with van der Waals surface area (Å²) < 4.78 is 0. The second-order valence-electron chi connectivity index (χ2n) is 4.97. The summed E-state index contributed by atoms with van der Waals surface area (Å²) in [6, 6.07) is 0.252. The Morgan fingerprint density at radius 1 is 1.33 bits per heavy atom. The number of nitrogens with zero attached hydrogens (tertiary/aromatic N) is 1. The highest BCUT2D eigenvalue weighted by Gasteiger charge is 2.02. The molecule has 4 nitrogen and oxygen atoms in total. The summed E-state index contributed by atoms with van der Waals surface area (Å²) in [4.78, 5) is 18.5. The lowest BCUT2D eigenvalue weighted by molar-refractivity contribution is -0.121. The molecule has 18 heavy (non-hydrogen) atoms. The van der Waals surface area contributed by atoms with Gasteiger partial charge in [0.05, 0.1) is 0 Å². The molecule has 0 aliphatic carbocycles. The van der Waals surface area contributed by atoms with Gasteiger partial charge in [-0.15, -0.1) is 0 Å². The minimum absolute atomic E-state index is 0.177. The number of carbonyl (C=O) groups excluding carboxylic acids is 1. The van der Waals surface area contributed by atoms with Gasteiger partial charge in [-0.05, 0) is 26.7 Å². The molecule has 0 aromatic carbocycles. The molecule has 101 valence electrons. The molecule has 2 N–H and O–H groups in total. The molecule has 1 rings (SSSR count). The van der Waals surface area contributed by atoms with Gasteiger partial charge in [-0.3, -0.25) is 4.79 Å². The molecule has 1 aromatic heterocycles. The SMILES string of the molecule is CC(C)NC(=O)CCCCCCCc1n[c]c[nH]1. The number of aromatic nitrogens is 2. The van der Waals surface area contributed by atoms with Gasteiger partial charge in [-0.2, -0.15) is 0 Å². The number of H-pyrrole nitrogens is 1. The average Bonchev–Trinajstić information content (AvgIpc) is 2.79. The molecule has 0 unspecified atom stereocenters. The van der Waals surface area contributed by atoms with Gasteiger partial charge in [0, 0.05) is 25.1 Å². The molecule has 0 aliphatic rings. The van der Waals surface area contributed by atoms with Crippen molar-refractivity contribution in [3.8, 4) is 0 Å². The van der Waals surface area contributed by atoms with E-state index in [1.54, 1.807) is 6.20 Å².